The summed E-state index contributed by atoms with van der Waals surface area (Å²) in [5.74, 6) is 0.0500. The van der Waals surface area contributed by atoms with E-state index in [1.54, 1.807) is 6.92 Å². The topological polar surface area (TPSA) is 52.6 Å². The zero-order valence-corrected chi connectivity index (χ0v) is 8.12. The molecular formula is C9H18N2O2. The predicted octanol–water partition coefficient (Wildman–Crippen LogP) is -0.421. The van der Waals surface area contributed by atoms with Gasteiger partial charge in [0.25, 0.3) is 0 Å². The molecule has 1 aliphatic heterocycles. The molecule has 13 heavy (non-hydrogen) atoms. The van der Waals surface area contributed by atoms with Crippen molar-refractivity contribution in [3.63, 3.8) is 0 Å². The van der Waals surface area contributed by atoms with Crippen LogP contribution in [0.25, 0.3) is 0 Å². The van der Waals surface area contributed by atoms with Crippen LogP contribution in [0.1, 0.15) is 19.8 Å². The first-order valence-electron chi connectivity index (χ1n) is 4.82. The molecule has 1 unspecified atom stereocenters. The van der Waals surface area contributed by atoms with Crippen molar-refractivity contribution in [2.45, 2.75) is 25.8 Å². The van der Waals surface area contributed by atoms with E-state index in [0.29, 0.717) is 6.04 Å². The largest absolute Gasteiger partial charge is 0.396 e. The number of carbonyl (C=O) groups is 1. The summed E-state index contributed by atoms with van der Waals surface area (Å²) < 4.78 is 0. The standard InChI is InChI=1S/C9H18N2O2/c1-8(13)10-9-3-5-11(7-9)4-2-6-12/h9,12H,2-7H2,1H3,(H,10,13). The average molecular weight is 186 g/mol. The van der Waals surface area contributed by atoms with E-state index < -0.39 is 0 Å². The van der Waals surface area contributed by atoms with Crippen LogP contribution in [-0.4, -0.2) is 48.2 Å². The van der Waals surface area contributed by atoms with Gasteiger partial charge in [-0.3, -0.25) is 4.79 Å². The molecule has 0 spiro atoms. The van der Waals surface area contributed by atoms with Crippen molar-refractivity contribution in [1.82, 2.24) is 10.2 Å². The molecule has 0 radical (unpaired) electrons. The highest BCUT2D eigenvalue weighted by molar-refractivity contribution is 5.73. The Morgan fingerprint density at radius 1 is 1.69 bits per heavy atom. The van der Waals surface area contributed by atoms with Gasteiger partial charge < -0.3 is 15.3 Å². The lowest BCUT2D eigenvalue weighted by atomic mass is 10.2. The van der Waals surface area contributed by atoms with Crippen LogP contribution in [0, 0.1) is 0 Å². The van der Waals surface area contributed by atoms with Gasteiger partial charge in [0.2, 0.25) is 5.91 Å². The van der Waals surface area contributed by atoms with Crippen molar-refractivity contribution in [1.29, 1.82) is 0 Å². The van der Waals surface area contributed by atoms with Crippen molar-refractivity contribution in [2.75, 3.05) is 26.2 Å². The van der Waals surface area contributed by atoms with Crippen molar-refractivity contribution in [3.05, 3.63) is 0 Å². The molecule has 1 heterocycles. The van der Waals surface area contributed by atoms with Crippen molar-refractivity contribution in [2.24, 2.45) is 0 Å². The van der Waals surface area contributed by atoms with Gasteiger partial charge in [0.15, 0.2) is 0 Å². The van der Waals surface area contributed by atoms with Gasteiger partial charge in [-0.1, -0.05) is 0 Å². The van der Waals surface area contributed by atoms with Gasteiger partial charge in [-0.05, 0) is 12.8 Å². The van der Waals surface area contributed by atoms with Gasteiger partial charge in [-0.2, -0.15) is 0 Å². The number of aliphatic hydroxyl groups is 1. The second-order valence-corrected chi connectivity index (χ2v) is 3.56. The molecule has 4 heteroatoms. The number of rotatable bonds is 4. The molecule has 1 fully saturated rings. The Morgan fingerprint density at radius 3 is 3.08 bits per heavy atom. The van der Waals surface area contributed by atoms with Crippen LogP contribution in [0.2, 0.25) is 0 Å². The average Bonchev–Trinajstić information content (AvgIpc) is 2.48. The van der Waals surface area contributed by atoms with Crippen molar-refractivity contribution >= 4 is 5.91 Å². The zero-order chi connectivity index (χ0) is 9.68. The lowest BCUT2D eigenvalue weighted by Gasteiger charge is -2.15. The fourth-order valence-electron chi connectivity index (χ4n) is 1.74. The number of nitrogens with zero attached hydrogens (tertiary/aromatic N) is 1. The minimum atomic E-state index is 0.0500. The van der Waals surface area contributed by atoms with Crippen molar-refractivity contribution in [3.8, 4) is 0 Å². The lowest BCUT2D eigenvalue weighted by Crippen LogP contribution is -2.35. The van der Waals surface area contributed by atoms with Crippen molar-refractivity contribution < 1.29 is 9.90 Å². The molecule has 0 aliphatic carbocycles. The molecule has 0 bridgehead atoms. The number of hydrogen-bond acceptors (Lipinski definition) is 3. The van der Waals surface area contributed by atoms with Crippen LogP contribution in [0.5, 0.6) is 0 Å². The Hall–Kier alpha value is -0.610. The Labute approximate surface area is 78.9 Å². The summed E-state index contributed by atoms with van der Waals surface area (Å²) in [6.45, 7) is 4.70. The first-order chi connectivity index (χ1) is 6.22. The number of likely N-dealkylation sites (tertiary alicyclic amines) is 1. The Morgan fingerprint density at radius 2 is 2.46 bits per heavy atom. The maximum atomic E-state index is 10.8. The third kappa shape index (κ3) is 3.74. The van der Waals surface area contributed by atoms with E-state index in [-0.39, 0.29) is 12.5 Å². The zero-order valence-electron chi connectivity index (χ0n) is 8.12. The van der Waals surface area contributed by atoms with E-state index in [1.165, 1.54) is 0 Å². The van der Waals surface area contributed by atoms with E-state index in [1.807, 2.05) is 0 Å². The summed E-state index contributed by atoms with van der Waals surface area (Å²) in [5, 5.41) is 11.5. The maximum absolute atomic E-state index is 10.8. The molecule has 1 amide bonds. The predicted molar refractivity (Wildman–Crippen MR) is 50.4 cm³/mol. The van der Waals surface area contributed by atoms with E-state index in [9.17, 15) is 4.79 Å². The van der Waals surface area contributed by atoms with E-state index >= 15 is 0 Å². The van der Waals surface area contributed by atoms with Gasteiger partial charge in [0.1, 0.15) is 0 Å². The number of aliphatic hydroxyl groups excluding tert-OH is 1. The fraction of sp³-hybridized carbons (Fsp3) is 0.889. The molecule has 1 saturated heterocycles. The molecule has 1 aliphatic rings. The summed E-state index contributed by atoms with van der Waals surface area (Å²) in [4.78, 5) is 13.0. The number of nitrogens with one attached hydrogen (secondary N) is 1. The molecule has 1 rings (SSSR count). The van der Waals surface area contributed by atoms with Crippen LogP contribution in [-0.2, 0) is 4.79 Å². The highest BCUT2D eigenvalue weighted by Crippen LogP contribution is 2.08. The summed E-state index contributed by atoms with van der Waals surface area (Å²) in [6.07, 6.45) is 1.86. The Balaban J connectivity index is 2.16. The summed E-state index contributed by atoms with van der Waals surface area (Å²) >= 11 is 0. The monoisotopic (exact) mass is 186 g/mol. The highest BCUT2D eigenvalue weighted by atomic mass is 16.3. The first kappa shape index (κ1) is 10.5. The Bertz CT molecular complexity index is 173. The van der Waals surface area contributed by atoms with Crippen LogP contribution >= 0.6 is 0 Å². The quantitative estimate of drug-likeness (QED) is 0.627. The van der Waals surface area contributed by atoms with Crippen LogP contribution in [0.3, 0.4) is 0 Å². The molecular weight excluding hydrogens is 168 g/mol. The SMILES string of the molecule is CC(=O)NC1CCN(CCCO)C1. The Kier molecular flexibility index (Phi) is 4.18. The smallest absolute Gasteiger partial charge is 0.217 e. The molecule has 0 saturated carbocycles. The minimum Gasteiger partial charge on any atom is -0.396 e. The number of carbonyl (C=O) groups excluding carboxylic acids is 1. The molecule has 2 N–H and O–H groups in total. The van der Waals surface area contributed by atoms with E-state index in [0.717, 1.165) is 32.5 Å². The molecule has 0 aromatic heterocycles. The van der Waals surface area contributed by atoms with Crippen LogP contribution < -0.4 is 5.32 Å². The lowest BCUT2D eigenvalue weighted by molar-refractivity contribution is -0.119. The molecule has 1 atom stereocenters. The number of hydrogen-bond donors (Lipinski definition) is 2. The van der Waals surface area contributed by atoms with Gasteiger partial charge in [-0.25, -0.2) is 0 Å². The molecule has 0 aromatic carbocycles. The first-order valence-corrected chi connectivity index (χ1v) is 4.82. The molecule has 4 nitrogen and oxygen atoms in total. The summed E-state index contributed by atoms with van der Waals surface area (Å²) in [5.41, 5.74) is 0. The van der Waals surface area contributed by atoms with Crippen LogP contribution in [0.15, 0.2) is 0 Å². The van der Waals surface area contributed by atoms with Gasteiger partial charge in [-0.15, -0.1) is 0 Å². The van der Waals surface area contributed by atoms with Gasteiger partial charge in [0, 0.05) is 39.2 Å². The van der Waals surface area contributed by atoms with E-state index in [4.69, 9.17) is 5.11 Å². The molecule has 0 aromatic rings. The van der Waals surface area contributed by atoms with Gasteiger partial charge >= 0.3 is 0 Å². The number of amides is 1. The van der Waals surface area contributed by atoms with E-state index in [2.05, 4.69) is 10.2 Å². The second kappa shape index (κ2) is 5.19. The highest BCUT2D eigenvalue weighted by Gasteiger charge is 2.21. The maximum Gasteiger partial charge on any atom is 0.217 e. The third-order valence-electron chi connectivity index (χ3n) is 2.31. The summed E-state index contributed by atoms with van der Waals surface area (Å²) in [6, 6.07) is 0.316. The van der Waals surface area contributed by atoms with Crippen LogP contribution in [0.4, 0.5) is 0 Å². The minimum absolute atomic E-state index is 0.0500. The molecule has 76 valence electrons. The fourth-order valence-corrected chi connectivity index (χ4v) is 1.74. The van der Waals surface area contributed by atoms with Gasteiger partial charge in [0.05, 0.1) is 0 Å². The third-order valence-corrected chi connectivity index (χ3v) is 2.31. The summed E-state index contributed by atoms with van der Waals surface area (Å²) in [7, 11) is 0. The second-order valence-electron chi connectivity index (χ2n) is 3.56. The normalized spacial score (nSPS) is 23.4.